The molecule has 0 heterocycles. The van der Waals surface area contributed by atoms with Crippen LogP contribution in [0.3, 0.4) is 0 Å². The average Bonchev–Trinajstić information content (AvgIpc) is 2.26. The summed E-state index contributed by atoms with van der Waals surface area (Å²) in [6.45, 7) is 2.41. The second-order valence-corrected chi connectivity index (χ2v) is 4.23. The second kappa shape index (κ2) is 5.75. The molecule has 0 saturated carbocycles. The highest BCUT2D eigenvalue weighted by Gasteiger charge is 2.11. The number of nitrogens with one attached hydrogen (secondary N) is 1. The van der Waals surface area contributed by atoms with Crippen molar-refractivity contribution in [2.24, 2.45) is 5.92 Å². The summed E-state index contributed by atoms with van der Waals surface area (Å²) in [7, 11) is 1.40. The van der Waals surface area contributed by atoms with Crippen molar-refractivity contribution in [3.8, 4) is 0 Å². The van der Waals surface area contributed by atoms with Crippen LogP contribution in [0.2, 0.25) is 0 Å². The standard InChI is InChI=1S/C11H14BrNO2/c1-8(11(14)15-2)7-13-10-5-3-9(12)4-6-10/h3-6,8,13H,7H2,1-2H3. The van der Waals surface area contributed by atoms with E-state index in [4.69, 9.17) is 0 Å². The van der Waals surface area contributed by atoms with E-state index in [1.165, 1.54) is 7.11 Å². The van der Waals surface area contributed by atoms with Crippen LogP contribution < -0.4 is 5.32 Å². The lowest BCUT2D eigenvalue weighted by Gasteiger charge is -2.11. The van der Waals surface area contributed by atoms with E-state index < -0.39 is 0 Å². The number of ether oxygens (including phenoxy) is 1. The molecule has 0 aliphatic carbocycles. The Hall–Kier alpha value is -1.03. The molecular weight excluding hydrogens is 258 g/mol. The highest BCUT2D eigenvalue weighted by atomic mass is 79.9. The fraction of sp³-hybridized carbons (Fsp3) is 0.364. The molecule has 0 spiro atoms. The topological polar surface area (TPSA) is 38.3 Å². The summed E-state index contributed by atoms with van der Waals surface area (Å²) in [5.41, 5.74) is 0.994. The van der Waals surface area contributed by atoms with Gasteiger partial charge in [-0.2, -0.15) is 0 Å². The number of methoxy groups -OCH3 is 1. The number of carbonyl (C=O) groups is 1. The Bertz CT molecular complexity index is 324. The maximum absolute atomic E-state index is 11.1. The van der Waals surface area contributed by atoms with Crippen LogP contribution in [-0.2, 0) is 9.53 Å². The Morgan fingerprint density at radius 2 is 2.07 bits per heavy atom. The van der Waals surface area contributed by atoms with Gasteiger partial charge in [-0.1, -0.05) is 22.9 Å². The van der Waals surface area contributed by atoms with Gasteiger partial charge in [-0.05, 0) is 24.3 Å². The fourth-order valence-corrected chi connectivity index (χ4v) is 1.39. The first-order valence-corrected chi connectivity index (χ1v) is 5.50. The largest absolute Gasteiger partial charge is 0.469 e. The Morgan fingerprint density at radius 3 is 2.60 bits per heavy atom. The van der Waals surface area contributed by atoms with Gasteiger partial charge in [-0.25, -0.2) is 0 Å². The van der Waals surface area contributed by atoms with Gasteiger partial charge in [0.15, 0.2) is 0 Å². The molecule has 1 unspecified atom stereocenters. The SMILES string of the molecule is COC(=O)C(C)CNc1ccc(Br)cc1. The Kier molecular flexibility index (Phi) is 4.62. The quantitative estimate of drug-likeness (QED) is 0.856. The lowest BCUT2D eigenvalue weighted by molar-refractivity contribution is -0.144. The van der Waals surface area contributed by atoms with Crippen LogP contribution in [0.5, 0.6) is 0 Å². The minimum Gasteiger partial charge on any atom is -0.469 e. The molecule has 0 aliphatic rings. The third-order valence-electron chi connectivity index (χ3n) is 2.06. The summed E-state index contributed by atoms with van der Waals surface area (Å²) < 4.78 is 5.67. The van der Waals surface area contributed by atoms with Crippen molar-refractivity contribution in [3.05, 3.63) is 28.7 Å². The van der Waals surface area contributed by atoms with Crippen molar-refractivity contribution >= 4 is 27.6 Å². The monoisotopic (exact) mass is 271 g/mol. The average molecular weight is 272 g/mol. The van der Waals surface area contributed by atoms with Gasteiger partial charge in [0.05, 0.1) is 13.0 Å². The van der Waals surface area contributed by atoms with E-state index in [1.807, 2.05) is 31.2 Å². The first-order chi connectivity index (χ1) is 7.13. The molecule has 82 valence electrons. The maximum Gasteiger partial charge on any atom is 0.310 e. The van der Waals surface area contributed by atoms with Gasteiger partial charge in [0.1, 0.15) is 0 Å². The predicted octanol–water partition coefficient (Wildman–Crippen LogP) is 2.67. The number of carbonyl (C=O) groups excluding carboxylic acids is 1. The molecule has 1 aromatic carbocycles. The van der Waals surface area contributed by atoms with Gasteiger partial charge in [0.25, 0.3) is 0 Å². The van der Waals surface area contributed by atoms with Gasteiger partial charge in [0, 0.05) is 16.7 Å². The van der Waals surface area contributed by atoms with Crippen LogP contribution in [0.1, 0.15) is 6.92 Å². The number of anilines is 1. The van der Waals surface area contributed by atoms with E-state index in [0.29, 0.717) is 6.54 Å². The number of hydrogen-bond donors (Lipinski definition) is 1. The van der Waals surface area contributed by atoms with Crippen molar-refractivity contribution in [3.63, 3.8) is 0 Å². The maximum atomic E-state index is 11.1. The summed E-state index contributed by atoms with van der Waals surface area (Å²) >= 11 is 3.36. The zero-order chi connectivity index (χ0) is 11.3. The molecule has 0 bridgehead atoms. The van der Waals surface area contributed by atoms with Crippen LogP contribution in [0, 0.1) is 5.92 Å². The molecule has 0 saturated heterocycles. The third kappa shape index (κ3) is 3.91. The normalized spacial score (nSPS) is 11.9. The molecule has 0 fully saturated rings. The Balaban J connectivity index is 2.43. The van der Waals surface area contributed by atoms with Gasteiger partial charge in [-0.15, -0.1) is 0 Å². The summed E-state index contributed by atoms with van der Waals surface area (Å²) in [5, 5.41) is 3.17. The molecule has 3 nitrogen and oxygen atoms in total. The van der Waals surface area contributed by atoms with Gasteiger partial charge >= 0.3 is 5.97 Å². The smallest absolute Gasteiger partial charge is 0.310 e. The molecule has 0 radical (unpaired) electrons. The van der Waals surface area contributed by atoms with Gasteiger partial charge in [0.2, 0.25) is 0 Å². The number of rotatable bonds is 4. The van der Waals surface area contributed by atoms with Crippen LogP contribution in [0.4, 0.5) is 5.69 Å². The van der Waals surface area contributed by atoms with Crippen molar-refractivity contribution in [1.29, 1.82) is 0 Å². The third-order valence-corrected chi connectivity index (χ3v) is 2.59. The number of halogens is 1. The molecule has 15 heavy (non-hydrogen) atoms. The van der Waals surface area contributed by atoms with Crippen molar-refractivity contribution in [2.45, 2.75) is 6.92 Å². The predicted molar refractivity (Wildman–Crippen MR) is 63.8 cm³/mol. The highest BCUT2D eigenvalue weighted by molar-refractivity contribution is 9.10. The van der Waals surface area contributed by atoms with E-state index in [9.17, 15) is 4.79 Å². The van der Waals surface area contributed by atoms with Crippen LogP contribution in [-0.4, -0.2) is 19.6 Å². The van der Waals surface area contributed by atoms with Crippen molar-refractivity contribution in [1.82, 2.24) is 0 Å². The van der Waals surface area contributed by atoms with Crippen molar-refractivity contribution < 1.29 is 9.53 Å². The Morgan fingerprint density at radius 1 is 1.47 bits per heavy atom. The fourth-order valence-electron chi connectivity index (χ4n) is 1.12. The van der Waals surface area contributed by atoms with Gasteiger partial charge in [-0.3, -0.25) is 4.79 Å². The molecule has 1 N–H and O–H groups in total. The summed E-state index contributed by atoms with van der Waals surface area (Å²) in [5.74, 6) is -0.335. The molecule has 4 heteroatoms. The zero-order valence-electron chi connectivity index (χ0n) is 8.79. The summed E-state index contributed by atoms with van der Waals surface area (Å²) in [4.78, 5) is 11.1. The summed E-state index contributed by atoms with van der Waals surface area (Å²) in [6.07, 6.45) is 0. The van der Waals surface area contributed by atoms with E-state index in [0.717, 1.165) is 10.2 Å². The van der Waals surface area contributed by atoms with Crippen LogP contribution in [0.25, 0.3) is 0 Å². The molecule has 0 aromatic heterocycles. The first kappa shape index (κ1) is 12.0. The molecule has 1 rings (SSSR count). The lowest BCUT2D eigenvalue weighted by atomic mass is 10.2. The van der Waals surface area contributed by atoms with E-state index in [1.54, 1.807) is 0 Å². The molecule has 1 atom stereocenters. The minimum absolute atomic E-state index is 0.140. The van der Waals surface area contributed by atoms with E-state index in [2.05, 4.69) is 26.0 Å². The minimum atomic E-state index is -0.195. The lowest BCUT2D eigenvalue weighted by Crippen LogP contribution is -2.21. The number of esters is 1. The number of hydrogen-bond acceptors (Lipinski definition) is 3. The first-order valence-electron chi connectivity index (χ1n) is 4.70. The molecule has 1 aromatic rings. The summed E-state index contributed by atoms with van der Waals surface area (Å²) in [6, 6.07) is 7.80. The number of benzene rings is 1. The van der Waals surface area contributed by atoms with Gasteiger partial charge < -0.3 is 10.1 Å². The van der Waals surface area contributed by atoms with E-state index in [-0.39, 0.29) is 11.9 Å². The Labute approximate surface area is 97.9 Å². The zero-order valence-corrected chi connectivity index (χ0v) is 10.4. The van der Waals surface area contributed by atoms with Crippen LogP contribution in [0.15, 0.2) is 28.7 Å². The highest BCUT2D eigenvalue weighted by Crippen LogP contribution is 2.14. The van der Waals surface area contributed by atoms with Crippen LogP contribution >= 0.6 is 15.9 Å². The molecular formula is C11H14BrNO2. The molecule has 0 amide bonds. The second-order valence-electron chi connectivity index (χ2n) is 3.31. The van der Waals surface area contributed by atoms with Crippen molar-refractivity contribution in [2.75, 3.05) is 19.0 Å². The molecule has 0 aliphatic heterocycles. The van der Waals surface area contributed by atoms with E-state index >= 15 is 0 Å².